The predicted octanol–water partition coefficient (Wildman–Crippen LogP) is 2.67. The van der Waals surface area contributed by atoms with Gasteiger partial charge in [0.05, 0.1) is 18.7 Å². The number of benzene rings is 1. The standard InChI is InChI=1S/C25H32F2N4O4/c1-15-13-29(25(34)23(28)16-6-4-3-5-7-16)8-9-30(15)24(33)21-11-17-10-18(26)19(27)12-20(17)31(21)14-22(32)35-2/h10-12,15-16,23H,3-9,13-14,28H2,1-2H3. The van der Waals surface area contributed by atoms with Crippen molar-refractivity contribution >= 4 is 28.7 Å². The predicted molar refractivity (Wildman–Crippen MR) is 125 cm³/mol. The fourth-order valence-electron chi connectivity index (χ4n) is 5.31. The Labute approximate surface area is 203 Å². The lowest BCUT2D eigenvalue weighted by atomic mass is 9.83. The van der Waals surface area contributed by atoms with Crippen molar-refractivity contribution in [1.82, 2.24) is 14.4 Å². The van der Waals surface area contributed by atoms with E-state index in [9.17, 15) is 23.2 Å². The molecule has 1 aromatic carbocycles. The van der Waals surface area contributed by atoms with Gasteiger partial charge in [-0.1, -0.05) is 19.3 Å². The third kappa shape index (κ3) is 5.03. The van der Waals surface area contributed by atoms with E-state index in [0.29, 0.717) is 18.5 Å². The Morgan fingerprint density at radius 1 is 1.09 bits per heavy atom. The van der Waals surface area contributed by atoms with Gasteiger partial charge >= 0.3 is 5.97 Å². The third-order valence-electron chi connectivity index (χ3n) is 7.32. The molecular weight excluding hydrogens is 458 g/mol. The number of amides is 2. The summed E-state index contributed by atoms with van der Waals surface area (Å²) in [6.07, 6.45) is 5.30. The number of ether oxygens (including phenoxy) is 1. The van der Waals surface area contributed by atoms with Crippen LogP contribution in [0, 0.1) is 17.6 Å². The second-order valence-electron chi connectivity index (χ2n) is 9.57. The summed E-state index contributed by atoms with van der Waals surface area (Å²) in [6, 6.07) is 2.58. The number of aromatic nitrogens is 1. The molecule has 1 aromatic heterocycles. The number of piperazine rings is 1. The number of hydrogen-bond acceptors (Lipinski definition) is 5. The van der Waals surface area contributed by atoms with Gasteiger partial charge in [-0.2, -0.15) is 0 Å². The molecule has 35 heavy (non-hydrogen) atoms. The van der Waals surface area contributed by atoms with E-state index in [2.05, 4.69) is 0 Å². The molecule has 2 aliphatic rings. The quantitative estimate of drug-likeness (QED) is 0.650. The molecule has 2 heterocycles. The normalized spacial score (nSPS) is 20.2. The molecule has 2 fully saturated rings. The number of halogens is 2. The molecule has 0 radical (unpaired) electrons. The van der Waals surface area contributed by atoms with Gasteiger partial charge in [0.2, 0.25) is 5.91 Å². The smallest absolute Gasteiger partial charge is 0.325 e. The number of esters is 1. The Morgan fingerprint density at radius 3 is 2.43 bits per heavy atom. The molecule has 2 atom stereocenters. The van der Waals surface area contributed by atoms with E-state index >= 15 is 0 Å². The van der Waals surface area contributed by atoms with E-state index in [4.69, 9.17) is 10.5 Å². The summed E-state index contributed by atoms with van der Waals surface area (Å²) in [7, 11) is 1.21. The lowest BCUT2D eigenvalue weighted by Gasteiger charge is -2.41. The fraction of sp³-hybridized carbons (Fsp3) is 0.560. The monoisotopic (exact) mass is 490 g/mol. The van der Waals surface area contributed by atoms with Crippen molar-refractivity contribution in [3.63, 3.8) is 0 Å². The highest BCUT2D eigenvalue weighted by molar-refractivity contribution is 5.99. The SMILES string of the molecule is COC(=O)Cn1c(C(=O)N2CCN(C(=O)C(N)C3CCCCC3)CC2C)cc2cc(F)c(F)cc21. The van der Waals surface area contributed by atoms with E-state index < -0.39 is 23.6 Å². The van der Waals surface area contributed by atoms with Gasteiger partial charge in [-0.25, -0.2) is 8.78 Å². The van der Waals surface area contributed by atoms with Crippen LogP contribution in [0.15, 0.2) is 18.2 Å². The first-order chi connectivity index (χ1) is 16.7. The van der Waals surface area contributed by atoms with Gasteiger partial charge in [0.1, 0.15) is 12.2 Å². The number of fused-ring (bicyclic) bond motifs is 1. The summed E-state index contributed by atoms with van der Waals surface area (Å²) in [5, 5.41) is 0.302. The highest BCUT2D eigenvalue weighted by Gasteiger charge is 2.36. The molecule has 0 bridgehead atoms. The van der Waals surface area contributed by atoms with Crippen LogP contribution in [0.3, 0.4) is 0 Å². The largest absolute Gasteiger partial charge is 0.468 e. The summed E-state index contributed by atoms with van der Waals surface area (Å²) in [6.45, 7) is 2.48. The molecule has 2 amide bonds. The molecule has 2 aromatic rings. The minimum Gasteiger partial charge on any atom is -0.468 e. The average molecular weight is 491 g/mol. The van der Waals surface area contributed by atoms with Gasteiger partial charge in [-0.3, -0.25) is 14.4 Å². The van der Waals surface area contributed by atoms with Crippen LogP contribution in [0.4, 0.5) is 8.78 Å². The summed E-state index contributed by atoms with van der Waals surface area (Å²) in [5.74, 6) is -3.01. The summed E-state index contributed by atoms with van der Waals surface area (Å²) >= 11 is 0. The Hall–Kier alpha value is -3.01. The zero-order valence-electron chi connectivity index (χ0n) is 20.1. The van der Waals surface area contributed by atoms with E-state index in [1.54, 1.807) is 9.80 Å². The van der Waals surface area contributed by atoms with Gasteiger partial charge in [0.25, 0.3) is 5.91 Å². The zero-order valence-corrected chi connectivity index (χ0v) is 20.1. The molecule has 1 saturated carbocycles. The van der Waals surface area contributed by atoms with Crippen molar-refractivity contribution < 1.29 is 27.9 Å². The van der Waals surface area contributed by atoms with Crippen molar-refractivity contribution in [2.45, 2.75) is 57.7 Å². The van der Waals surface area contributed by atoms with Crippen molar-refractivity contribution in [3.05, 3.63) is 35.5 Å². The molecule has 1 saturated heterocycles. The number of nitrogens with zero attached hydrogens (tertiary/aromatic N) is 3. The highest BCUT2D eigenvalue weighted by Crippen LogP contribution is 2.28. The molecule has 1 aliphatic carbocycles. The van der Waals surface area contributed by atoms with Crippen LogP contribution in [-0.4, -0.2) is 71.0 Å². The van der Waals surface area contributed by atoms with E-state index in [0.717, 1.165) is 37.8 Å². The maximum Gasteiger partial charge on any atom is 0.325 e. The topological polar surface area (TPSA) is 97.9 Å². The summed E-state index contributed by atoms with van der Waals surface area (Å²) < 4.78 is 33.9. The number of hydrogen-bond donors (Lipinski definition) is 1. The Kier molecular flexibility index (Phi) is 7.39. The average Bonchev–Trinajstić information content (AvgIpc) is 3.20. The maximum absolute atomic E-state index is 13.9. The third-order valence-corrected chi connectivity index (χ3v) is 7.32. The zero-order chi connectivity index (χ0) is 25.3. The number of rotatable bonds is 5. The number of methoxy groups -OCH3 is 1. The second-order valence-corrected chi connectivity index (χ2v) is 9.57. The van der Waals surface area contributed by atoms with Crippen LogP contribution in [-0.2, 0) is 20.9 Å². The molecule has 2 N–H and O–H groups in total. The van der Waals surface area contributed by atoms with E-state index in [-0.39, 0.29) is 48.1 Å². The first-order valence-corrected chi connectivity index (χ1v) is 12.1. The number of carbonyl (C=O) groups excluding carboxylic acids is 3. The lowest BCUT2D eigenvalue weighted by molar-refractivity contribution is -0.141. The second kappa shape index (κ2) is 10.3. The van der Waals surface area contributed by atoms with Crippen molar-refractivity contribution in [2.75, 3.05) is 26.7 Å². The minimum absolute atomic E-state index is 0.0818. The van der Waals surface area contributed by atoms with Crippen LogP contribution >= 0.6 is 0 Å². The Bertz CT molecular complexity index is 1130. The molecule has 190 valence electrons. The summed E-state index contributed by atoms with van der Waals surface area (Å²) in [4.78, 5) is 41.9. The van der Waals surface area contributed by atoms with Gasteiger partial charge < -0.3 is 24.8 Å². The van der Waals surface area contributed by atoms with Gasteiger partial charge in [0.15, 0.2) is 11.6 Å². The van der Waals surface area contributed by atoms with Crippen LogP contribution in [0.2, 0.25) is 0 Å². The molecule has 2 unspecified atom stereocenters. The van der Waals surface area contributed by atoms with Gasteiger partial charge in [-0.15, -0.1) is 0 Å². The summed E-state index contributed by atoms with van der Waals surface area (Å²) in [5.41, 5.74) is 6.67. The van der Waals surface area contributed by atoms with Gasteiger partial charge in [-0.05, 0) is 37.8 Å². The Balaban J connectivity index is 1.54. The number of nitrogens with two attached hydrogens (primary N) is 1. The highest BCUT2D eigenvalue weighted by atomic mass is 19.2. The molecular formula is C25H32F2N4O4. The lowest BCUT2D eigenvalue weighted by Crippen LogP contribution is -2.59. The molecule has 4 rings (SSSR count). The van der Waals surface area contributed by atoms with Crippen LogP contribution in [0.1, 0.15) is 49.5 Å². The maximum atomic E-state index is 13.9. The molecule has 8 nitrogen and oxygen atoms in total. The van der Waals surface area contributed by atoms with E-state index in [1.807, 2.05) is 6.92 Å². The first kappa shape index (κ1) is 25.1. The van der Waals surface area contributed by atoms with E-state index in [1.165, 1.54) is 24.2 Å². The molecule has 0 spiro atoms. The van der Waals surface area contributed by atoms with Crippen LogP contribution < -0.4 is 5.73 Å². The minimum atomic E-state index is -1.07. The molecule has 1 aliphatic heterocycles. The van der Waals surface area contributed by atoms with Crippen LogP contribution in [0.25, 0.3) is 10.9 Å². The fourth-order valence-corrected chi connectivity index (χ4v) is 5.31. The van der Waals surface area contributed by atoms with Crippen LogP contribution in [0.5, 0.6) is 0 Å². The molecule has 10 heteroatoms. The first-order valence-electron chi connectivity index (χ1n) is 12.1. The Morgan fingerprint density at radius 2 is 1.77 bits per heavy atom. The number of carbonyl (C=O) groups is 3. The van der Waals surface area contributed by atoms with Crippen molar-refractivity contribution in [3.8, 4) is 0 Å². The van der Waals surface area contributed by atoms with Gasteiger partial charge in [0, 0.05) is 37.1 Å². The van der Waals surface area contributed by atoms with Crippen molar-refractivity contribution in [2.24, 2.45) is 11.7 Å². The van der Waals surface area contributed by atoms with Crippen molar-refractivity contribution in [1.29, 1.82) is 0 Å².